The van der Waals surface area contributed by atoms with E-state index in [0.29, 0.717) is 19.6 Å². The van der Waals surface area contributed by atoms with E-state index in [1.165, 1.54) is 12.1 Å². The molecule has 0 unspecified atom stereocenters. The number of carbonyl (C=O) groups is 1. The number of H-pyrrole nitrogens is 1. The number of nitrogens with one attached hydrogen (secondary N) is 2. The van der Waals surface area contributed by atoms with Crippen LogP contribution in [-0.4, -0.2) is 20.9 Å². The Hall–Kier alpha value is -4.70. The molecule has 0 spiro atoms. The van der Waals surface area contributed by atoms with Gasteiger partial charge in [0, 0.05) is 37.7 Å². The maximum atomic E-state index is 13.6. The molecule has 7 nitrogen and oxygen atoms in total. The fraction of sp³-hybridized carbons (Fsp3) is 0.143. The van der Waals surface area contributed by atoms with Gasteiger partial charge in [-0.05, 0) is 46.5 Å². The van der Waals surface area contributed by atoms with Crippen molar-refractivity contribution in [2.24, 2.45) is 0 Å². The molecule has 7 heteroatoms. The highest BCUT2D eigenvalue weighted by molar-refractivity contribution is 6.00. The molecular formula is C28H24N4O3. The van der Waals surface area contributed by atoms with Gasteiger partial charge in [0.1, 0.15) is 23.7 Å². The van der Waals surface area contributed by atoms with Crippen molar-refractivity contribution in [3.05, 3.63) is 113 Å². The lowest BCUT2D eigenvalue weighted by Crippen LogP contribution is -2.26. The number of hydrogen-bond donors (Lipinski definition) is 3. The molecule has 0 saturated carbocycles. The van der Waals surface area contributed by atoms with Gasteiger partial charge in [0.05, 0.1) is 11.6 Å². The van der Waals surface area contributed by atoms with Gasteiger partial charge in [-0.1, -0.05) is 42.5 Å². The van der Waals surface area contributed by atoms with Crippen molar-refractivity contribution < 1.29 is 14.6 Å². The van der Waals surface area contributed by atoms with Crippen LogP contribution in [0, 0.1) is 11.3 Å². The summed E-state index contributed by atoms with van der Waals surface area (Å²) in [5.41, 5.74) is 5.42. The number of phenolic OH excluding ortho intramolecular Hbond substituents is 1. The Morgan fingerprint density at radius 3 is 2.71 bits per heavy atom. The van der Waals surface area contributed by atoms with E-state index in [0.717, 1.165) is 27.9 Å². The summed E-state index contributed by atoms with van der Waals surface area (Å²) in [6.07, 6.45) is 3.82. The van der Waals surface area contributed by atoms with Crippen LogP contribution in [0.2, 0.25) is 0 Å². The number of aromatic amines is 1. The summed E-state index contributed by atoms with van der Waals surface area (Å²) in [5, 5.41) is 23.5. The number of benzene rings is 3. The number of anilines is 1. The Kier molecular flexibility index (Phi) is 6.10. The van der Waals surface area contributed by atoms with E-state index in [9.17, 15) is 15.2 Å². The Morgan fingerprint density at radius 1 is 1.09 bits per heavy atom. The van der Waals surface area contributed by atoms with Crippen molar-refractivity contribution >= 4 is 11.6 Å². The highest BCUT2D eigenvalue weighted by atomic mass is 16.5. The number of nitriles is 1. The molecule has 1 aliphatic heterocycles. The lowest BCUT2D eigenvalue weighted by atomic mass is 10.1. The van der Waals surface area contributed by atoms with Crippen LogP contribution in [0.25, 0.3) is 0 Å². The summed E-state index contributed by atoms with van der Waals surface area (Å²) in [7, 11) is 0. The number of fused-ring (bicyclic) bond motifs is 1. The van der Waals surface area contributed by atoms with Gasteiger partial charge < -0.3 is 25.0 Å². The van der Waals surface area contributed by atoms with Crippen LogP contribution in [0.4, 0.5) is 5.69 Å². The van der Waals surface area contributed by atoms with E-state index in [2.05, 4.69) is 10.3 Å². The topological polar surface area (TPSA) is 101 Å². The molecule has 1 aliphatic rings. The minimum atomic E-state index is -0.345. The maximum Gasteiger partial charge on any atom is 0.262 e. The summed E-state index contributed by atoms with van der Waals surface area (Å²) >= 11 is 0. The smallest absolute Gasteiger partial charge is 0.262 e. The summed E-state index contributed by atoms with van der Waals surface area (Å²) < 4.78 is 5.93. The third kappa shape index (κ3) is 4.68. The number of aromatic hydroxyl groups is 1. The van der Waals surface area contributed by atoms with Crippen LogP contribution >= 0.6 is 0 Å². The van der Waals surface area contributed by atoms with Crippen LogP contribution in [0.15, 0.2) is 79.1 Å². The summed E-state index contributed by atoms with van der Waals surface area (Å²) in [4.78, 5) is 18.3. The van der Waals surface area contributed by atoms with Crippen LogP contribution in [-0.2, 0) is 26.2 Å². The average Bonchev–Trinajstić information content (AvgIpc) is 3.56. The number of rotatable bonds is 7. The predicted octanol–water partition coefficient (Wildman–Crippen LogP) is 4.94. The zero-order valence-corrected chi connectivity index (χ0v) is 19.0. The largest absolute Gasteiger partial charge is 0.507 e. The summed E-state index contributed by atoms with van der Waals surface area (Å²) in [6, 6.07) is 22.3. The van der Waals surface area contributed by atoms with E-state index in [-0.39, 0.29) is 35.1 Å². The minimum Gasteiger partial charge on any atom is -0.507 e. The molecule has 3 aromatic carbocycles. The van der Waals surface area contributed by atoms with Crippen molar-refractivity contribution in [3.63, 3.8) is 0 Å². The van der Waals surface area contributed by atoms with Crippen molar-refractivity contribution in [1.29, 1.82) is 5.26 Å². The van der Waals surface area contributed by atoms with Gasteiger partial charge >= 0.3 is 0 Å². The Bertz CT molecular complexity index is 1390. The predicted molar refractivity (Wildman–Crippen MR) is 132 cm³/mol. The molecule has 35 heavy (non-hydrogen) atoms. The third-order valence-corrected chi connectivity index (χ3v) is 6.08. The third-order valence-electron chi connectivity index (χ3n) is 6.08. The molecule has 3 N–H and O–H groups in total. The number of ether oxygens (including phenoxy) is 1. The zero-order chi connectivity index (χ0) is 24.2. The van der Waals surface area contributed by atoms with Gasteiger partial charge in [-0.25, -0.2) is 0 Å². The molecule has 0 bridgehead atoms. The Morgan fingerprint density at radius 2 is 1.94 bits per heavy atom. The summed E-state index contributed by atoms with van der Waals surface area (Å²) in [6.45, 7) is 1.71. The maximum absolute atomic E-state index is 13.6. The lowest BCUT2D eigenvalue weighted by Gasteiger charge is -2.19. The second kappa shape index (κ2) is 9.65. The number of carbonyl (C=O) groups excluding carboxylic acids is 1. The normalized spacial score (nSPS) is 12.1. The van der Waals surface area contributed by atoms with Crippen molar-refractivity contribution in [1.82, 2.24) is 9.88 Å². The van der Waals surface area contributed by atoms with Crippen LogP contribution in [0.5, 0.6) is 11.5 Å². The van der Waals surface area contributed by atoms with Gasteiger partial charge in [0.2, 0.25) is 0 Å². The van der Waals surface area contributed by atoms with Crippen molar-refractivity contribution in [2.45, 2.75) is 26.2 Å². The van der Waals surface area contributed by atoms with Crippen LogP contribution in [0.1, 0.15) is 38.2 Å². The summed E-state index contributed by atoms with van der Waals surface area (Å²) in [5.74, 6) is -0.418. The van der Waals surface area contributed by atoms with Gasteiger partial charge in [-0.2, -0.15) is 5.26 Å². The second-order valence-corrected chi connectivity index (χ2v) is 8.43. The van der Waals surface area contributed by atoms with Crippen molar-refractivity contribution in [3.8, 4) is 17.6 Å². The van der Waals surface area contributed by atoms with Gasteiger partial charge in [0.15, 0.2) is 0 Å². The second-order valence-electron chi connectivity index (χ2n) is 8.43. The average molecular weight is 465 g/mol. The molecule has 0 fully saturated rings. The van der Waals surface area contributed by atoms with Crippen LogP contribution < -0.4 is 10.1 Å². The van der Waals surface area contributed by atoms with Crippen LogP contribution in [0.3, 0.4) is 0 Å². The number of nitrogens with zero attached hydrogens (tertiary/aromatic N) is 2. The fourth-order valence-corrected chi connectivity index (χ4v) is 4.28. The SMILES string of the molecule is N#Cc1cc(O)c(C(=O)N2Cc3cccc(NCc4cc[nH]c4)c3C2)c(OCc2ccccc2)c1. The first-order valence-electron chi connectivity index (χ1n) is 11.3. The number of phenols is 1. The quantitative estimate of drug-likeness (QED) is 0.360. The van der Waals surface area contributed by atoms with Crippen molar-refractivity contribution in [2.75, 3.05) is 5.32 Å². The first-order chi connectivity index (χ1) is 17.1. The number of amides is 1. The Labute approximate surface area is 203 Å². The molecule has 1 aromatic heterocycles. The number of hydrogen-bond acceptors (Lipinski definition) is 5. The Balaban J connectivity index is 1.38. The molecule has 0 aliphatic carbocycles. The zero-order valence-electron chi connectivity index (χ0n) is 19.0. The molecule has 0 saturated heterocycles. The first-order valence-corrected chi connectivity index (χ1v) is 11.3. The highest BCUT2D eigenvalue weighted by Gasteiger charge is 2.30. The van der Waals surface area contributed by atoms with Gasteiger partial charge in [-0.15, -0.1) is 0 Å². The molecule has 0 radical (unpaired) electrons. The van der Waals surface area contributed by atoms with E-state index in [4.69, 9.17) is 4.74 Å². The molecule has 1 amide bonds. The number of aromatic nitrogens is 1. The molecule has 0 atom stereocenters. The highest BCUT2D eigenvalue weighted by Crippen LogP contribution is 2.36. The first kappa shape index (κ1) is 22.1. The van der Waals surface area contributed by atoms with E-state index in [1.807, 2.05) is 73.1 Å². The molecule has 174 valence electrons. The molecule has 4 aromatic rings. The van der Waals surface area contributed by atoms with E-state index >= 15 is 0 Å². The standard InChI is InChI=1S/C28H24N4O3/c29-13-21-11-25(33)27(26(12-21)35-18-19-5-2-1-3-6-19)28(34)32-16-22-7-4-8-24(23(22)17-32)31-15-20-9-10-30-14-20/h1-12,14,30-31,33H,15-18H2. The lowest BCUT2D eigenvalue weighted by molar-refractivity contribution is 0.0743. The molecular weight excluding hydrogens is 440 g/mol. The van der Waals surface area contributed by atoms with Gasteiger partial charge in [0.25, 0.3) is 5.91 Å². The monoisotopic (exact) mass is 464 g/mol. The van der Waals surface area contributed by atoms with E-state index < -0.39 is 0 Å². The van der Waals surface area contributed by atoms with Gasteiger partial charge in [-0.3, -0.25) is 4.79 Å². The minimum absolute atomic E-state index is 0.0644. The molecule has 5 rings (SSSR count). The fourth-order valence-electron chi connectivity index (χ4n) is 4.28. The van der Waals surface area contributed by atoms with E-state index in [1.54, 1.807) is 4.90 Å². The molecule has 2 heterocycles.